The van der Waals surface area contributed by atoms with Crippen LogP contribution < -0.4 is 0 Å². The average Bonchev–Trinajstić information content (AvgIpc) is 2.54. The Labute approximate surface area is 87.0 Å². The number of aromatic nitrogens is 2. The Kier molecular flexibility index (Phi) is 2.72. The lowest BCUT2D eigenvalue weighted by Crippen LogP contribution is -2.12. The third kappa shape index (κ3) is 2.26. The zero-order valence-corrected chi connectivity index (χ0v) is 8.88. The molecule has 0 N–H and O–H groups in total. The van der Waals surface area contributed by atoms with Gasteiger partial charge in [-0.15, -0.1) is 5.10 Å². The molecule has 2 rings (SSSR count). The van der Waals surface area contributed by atoms with Crippen molar-refractivity contribution < 1.29 is 4.79 Å². The molecule has 0 aliphatic heterocycles. The molecule has 0 aromatic carbocycles. The largest absolute Gasteiger partial charge is 0.295 e. The molecule has 0 saturated carbocycles. The molecule has 0 amide bonds. The summed E-state index contributed by atoms with van der Waals surface area (Å²) >= 11 is 1.36. The number of carbonyl (C=O) groups excluding carboxylic acids is 1. The molecule has 14 heavy (non-hydrogen) atoms. The third-order valence-electron chi connectivity index (χ3n) is 2.34. The van der Waals surface area contributed by atoms with Crippen molar-refractivity contribution in [3.8, 4) is 0 Å². The number of rotatable bonds is 2. The molecule has 0 fully saturated rings. The zero-order valence-electron chi connectivity index (χ0n) is 8.06. The van der Waals surface area contributed by atoms with Crippen molar-refractivity contribution in [2.24, 2.45) is 5.92 Å². The summed E-state index contributed by atoms with van der Waals surface area (Å²) in [5.41, 5.74) is 2.17. The first kappa shape index (κ1) is 9.52. The van der Waals surface area contributed by atoms with Gasteiger partial charge in [0.1, 0.15) is 0 Å². The molecule has 74 valence electrons. The summed E-state index contributed by atoms with van der Waals surface area (Å²) in [6, 6.07) is 0. The van der Waals surface area contributed by atoms with Crippen molar-refractivity contribution >= 4 is 17.3 Å². The van der Waals surface area contributed by atoms with Gasteiger partial charge in [-0.3, -0.25) is 4.79 Å². The second kappa shape index (κ2) is 4.00. The standard InChI is InChI=1S/C10H12N2OS/c1-7-2-8(5-10(13)3-7)4-9-6-14-12-11-9/h5-7H,2-4H2,1H3. The Morgan fingerprint density at radius 1 is 1.57 bits per heavy atom. The highest BCUT2D eigenvalue weighted by Gasteiger charge is 2.17. The minimum atomic E-state index is 0.252. The van der Waals surface area contributed by atoms with E-state index in [1.165, 1.54) is 17.1 Å². The number of allylic oxidation sites excluding steroid dienone is 2. The number of hydrogen-bond acceptors (Lipinski definition) is 4. The zero-order chi connectivity index (χ0) is 9.97. The van der Waals surface area contributed by atoms with Gasteiger partial charge >= 0.3 is 0 Å². The fraction of sp³-hybridized carbons (Fsp3) is 0.500. The van der Waals surface area contributed by atoms with Gasteiger partial charge in [-0.1, -0.05) is 17.0 Å². The van der Waals surface area contributed by atoms with Crippen molar-refractivity contribution in [3.63, 3.8) is 0 Å². The van der Waals surface area contributed by atoms with E-state index in [0.29, 0.717) is 12.3 Å². The van der Waals surface area contributed by atoms with Crippen LogP contribution in [0.2, 0.25) is 0 Å². The van der Waals surface area contributed by atoms with E-state index in [4.69, 9.17) is 0 Å². The molecule has 3 nitrogen and oxygen atoms in total. The van der Waals surface area contributed by atoms with E-state index in [1.54, 1.807) is 6.08 Å². The Morgan fingerprint density at radius 3 is 3.07 bits per heavy atom. The quantitative estimate of drug-likeness (QED) is 0.746. The molecule has 1 unspecified atom stereocenters. The molecular formula is C10H12N2OS. The van der Waals surface area contributed by atoms with Crippen LogP contribution in [0, 0.1) is 5.92 Å². The molecule has 1 aromatic rings. The molecule has 0 bridgehead atoms. The molecular weight excluding hydrogens is 196 g/mol. The third-order valence-corrected chi connectivity index (χ3v) is 2.89. The van der Waals surface area contributed by atoms with Gasteiger partial charge in [0.25, 0.3) is 0 Å². The summed E-state index contributed by atoms with van der Waals surface area (Å²) in [5.74, 6) is 0.732. The first-order chi connectivity index (χ1) is 6.74. The molecule has 0 spiro atoms. The Hall–Kier alpha value is -1.03. The van der Waals surface area contributed by atoms with Crippen LogP contribution in [0.3, 0.4) is 0 Å². The molecule has 1 aliphatic rings. The van der Waals surface area contributed by atoms with Crippen LogP contribution in [0.15, 0.2) is 17.0 Å². The summed E-state index contributed by atoms with van der Waals surface area (Å²) in [6.07, 6.45) is 4.27. The van der Waals surface area contributed by atoms with Gasteiger partial charge < -0.3 is 0 Å². The van der Waals surface area contributed by atoms with Gasteiger partial charge in [0.05, 0.1) is 5.69 Å². The van der Waals surface area contributed by atoms with Crippen LogP contribution in [0.5, 0.6) is 0 Å². The molecule has 0 saturated heterocycles. The molecule has 4 heteroatoms. The second-order valence-electron chi connectivity index (χ2n) is 3.86. The number of carbonyl (C=O) groups is 1. The normalized spacial score (nSPS) is 22.2. The van der Waals surface area contributed by atoms with Crippen LogP contribution in [0.1, 0.15) is 25.5 Å². The highest BCUT2D eigenvalue weighted by Crippen LogP contribution is 2.23. The summed E-state index contributed by atoms with van der Waals surface area (Å²) in [7, 11) is 0. The first-order valence-corrected chi connectivity index (χ1v) is 5.56. The van der Waals surface area contributed by atoms with Crippen molar-refractivity contribution in [2.45, 2.75) is 26.2 Å². The van der Waals surface area contributed by atoms with E-state index in [1.807, 2.05) is 5.38 Å². The highest BCUT2D eigenvalue weighted by molar-refractivity contribution is 7.03. The van der Waals surface area contributed by atoms with Gasteiger partial charge in [-0.25, -0.2) is 0 Å². The topological polar surface area (TPSA) is 42.9 Å². The van der Waals surface area contributed by atoms with Gasteiger partial charge in [0.15, 0.2) is 5.78 Å². The lowest BCUT2D eigenvalue weighted by Gasteiger charge is -2.17. The molecule has 1 aliphatic carbocycles. The second-order valence-corrected chi connectivity index (χ2v) is 4.47. The molecule has 1 atom stereocenters. The molecule has 0 radical (unpaired) electrons. The molecule has 1 aromatic heterocycles. The summed E-state index contributed by atoms with van der Waals surface area (Å²) in [6.45, 7) is 2.12. The minimum absolute atomic E-state index is 0.252. The lowest BCUT2D eigenvalue weighted by molar-refractivity contribution is -0.115. The fourth-order valence-electron chi connectivity index (χ4n) is 1.83. The van der Waals surface area contributed by atoms with Crippen LogP contribution in [0.25, 0.3) is 0 Å². The fourth-order valence-corrected chi connectivity index (χ4v) is 2.28. The Bertz CT molecular complexity index is 356. The predicted octanol–water partition coefficient (Wildman–Crippen LogP) is 2.01. The maximum absolute atomic E-state index is 11.3. The van der Waals surface area contributed by atoms with Crippen molar-refractivity contribution in [3.05, 3.63) is 22.7 Å². The van der Waals surface area contributed by atoms with Gasteiger partial charge in [0, 0.05) is 18.2 Å². The first-order valence-electron chi connectivity index (χ1n) is 4.72. The van der Waals surface area contributed by atoms with Gasteiger partial charge in [0.2, 0.25) is 0 Å². The predicted molar refractivity (Wildman–Crippen MR) is 55.1 cm³/mol. The van der Waals surface area contributed by atoms with Gasteiger partial charge in [-0.2, -0.15) is 0 Å². The van der Waals surface area contributed by atoms with E-state index in [0.717, 1.165) is 18.5 Å². The lowest BCUT2D eigenvalue weighted by atomic mass is 9.88. The summed E-state index contributed by atoms with van der Waals surface area (Å²) < 4.78 is 3.81. The summed E-state index contributed by atoms with van der Waals surface area (Å²) in [5, 5.41) is 5.91. The van der Waals surface area contributed by atoms with Crippen LogP contribution >= 0.6 is 11.5 Å². The Balaban J connectivity index is 2.08. The van der Waals surface area contributed by atoms with Crippen molar-refractivity contribution in [1.82, 2.24) is 9.59 Å². The SMILES string of the molecule is CC1CC(=O)C=C(Cc2csnn2)C1. The van der Waals surface area contributed by atoms with E-state index < -0.39 is 0 Å². The molecule has 1 heterocycles. The van der Waals surface area contributed by atoms with E-state index in [2.05, 4.69) is 16.5 Å². The highest BCUT2D eigenvalue weighted by atomic mass is 32.1. The van der Waals surface area contributed by atoms with Crippen LogP contribution in [-0.2, 0) is 11.2 Å². The Morgan fingerprint density at radius 2 is 2.43 bits per heavy atom. The maximum Gasteiger partial charge on any atom is 0.155 e. The van der Waals surface area contributed by atoms with E-state index >= 15 is 0 Å². The average molecular weight is 208 g/mol. The van der Waals surface area contributed by atoms with Gasteiger partial charge in [-0.05, 0) is 29.9 Å². The number of hydrogen-bond donors (Lipinski definition) is 0. The van der Waals surface area contributed by atoms with Crippen molar-refractivity contribution in [1.29, 1.82) is 0 Å². The van der Waals surface area contributed by atoms with Crippen LogP contribution in [0.4, 0.5) is 0 Å². The van der Waals surface area contributed by atoms with E-state index in [-0.39, 0.29) is 5.78 Å². The maximum atomic E-state index is 11.3. The van der Waals surface area contributed by atoms with Crippen LogP contribution in [-0.4, -0.2) is 15.4 Å². The van der Waals surface area contributed by atoms with Crippen molar-refractivity contribution in [2.75, 3.05) is 0 Å². The number of ketones is 1. The monoisotopic (exact) mass is 208 g/mol. The minimum Gasteiger partial charge on any atom is -0.295 e. The summed E-state index contributed by atoms with van der Waals surface area (Å²) in [4.78, 5) is 11.3. The van der Waals surface area contributed by atoms with E-state index in [9.17, 15) is 4.79 Å². The number of nitrogens with zero attached hydrogens (tertiary/aromatic N) is 2. The smallest absolute Gasteiger partial charge is 0.155 e.